The average molecular weight is 319 g/mol. The minimum Gasteiger partial charge on any atom is -0.346 e. The summed E-state index contributed by atoms with van der Waals surface area (Å²) in [5.41, 5.74) is 1.07. The molecule has 5 nitrogen and oxygen atoms in total. The van der Waals surface area contributed by atoms with Crippen molar-refractivity contribution in [2.75, 3.05) is 0 Å². The number of fused-ring (bicyclic) bond motifs is 1. The summed E-state index contributed by atoms with van der Waals surface area (Å²) in [4.78, 5) is 16.6. The Morgan fingerprint density at radius 1 is 1.50 bits per heavy atom. The zero-order valence-electron chi connectivity index (χ0n) is 12.6. The first kappa shape index (κ1) is 15.0. The maximum absolute atomic E-state index is 12.2. The Hall–Kier alpha value is -1.88. The zero-order chi connectivity index (χ0) is 15.5. The molecule has 22 heavy (non-hydrogen) atoms. The van der Waals surface area contributed by atoms with E-state index in [1.54, 1.807) is 0 Å². The SMILES string of the molecule is Cc1nc2n(n1)CCC[C@H]2NC(=O)CCc1cccc(Cl)c1. The summed E-state index contributed by atoms with van der Waals surface area (Å²) >= 11 is 5.96. The van der Waals surface area contributed by atoms with Gasteiger partial charge in [0.1, 0.15) is 11.6 Å². The molecule has 0 radical (unpaired) electrons. The van der Waals surface area contributed by atoms with Crippen molar-refractivity contribution in [3.05, 3.63) is 46.5 Å². The van der Waals surface area contributed by atoms with Gasteiger partial charge in [0.15, 0.2) is 0 Å². The molecular formula is C16H19ClN4O. The summed E-state index contributed by atoms with van der Waals surface area (Å²) in [6.45, 7) is 2.76. The highest BCUT2D eigenvalue weighted by Crippen LogP contribution is 2.23. The van der Waals surface area contributed by atoms with Crippen LogP contribution >= 0.6 is 11.6 Å². The second kappa shape index (κ2) is 6.48. The second-order valence-corrected chi connectivity index (χ2v) is 6.07. The van der Waals surface area contributed by atoms with Gasteiger partial charge in [-0.2, -0.15) is 5.10 Å². The van der Waals surface area contributed by atoms with E-state index >= 15 is 0 Å². The monoisotopic (exact) mass is 318 g/mol. The predicted octanol–water partition coefficient (Wildman–Crippen LogP) is 2.82. The summed E-state index contributed by atoms with van der Waals surface area (Å²) in [6, 6.07) is 7.60. The number of nitrogens with zero attached hydrogens (tertiary/aromatic N) is 3. The van der Waals surface area contributed by atoms with E-state index in [1.807, 2.05) is 35.9 Å². The fourth-order valence-corrected chi connectivity index (χ4v) is 3.03. The molecule has 1 atom stereocenters. The number of aromatic nitrogens is 3. The van der Waals surface area contributed by atoms with E-state index in [1.165, 1.54) is 0 Å². The first-order valence-corrected chi connectivity index (χ1v) is 7.95. The van der Waals surface area contributed by atoms with Crippen LogP contribution in [0.3, 0.4) is 0 Å². The number of carbonyl (C=O) groups excluding carboxylic acids is 1. The first-order chi connectivity index (χ1) is 10.6. The molecular weight excluding hydrogens is 300 g/mol. The van der Waals surface area contributed by atoms with Crippen molar-refractivity contribution >= 4 is 17.5 Å². The van der Waals surface area contributed by atoms with E-state index in [2.05, 4.69) is 15.4 Å². The van der Waals surface area contributed by atoms with Crippen LogP contribution in [0.5, 0.6) is 0 Å². The number of aryl methyl sites for hydroxylation is 3. The number of carbonyl (C=O) groups is 1. The molecule has 1 aliphatic heterocycles. The lowest BCUT2D eigenvalue weighted by Gasteiger charge is -2.23. The molecule has 6 heteroatoms. The first-order valence-electron chi connectivity index (χ1n) is 7.57. The number of nitrogens with one attached hydrogen (secondary N) is 1. The third kappa shape index (κ3) is 3.47. The smallest absolute Gasteiger partial charge is 0.220 e. The number of rotatable bonds is 4. The number of hydrogen-bond donors (Lipinski definition) is 1. The minimum absolute atomic E-state index is 0.0261. The van der Waals surface area contributed by atoms with E-state index in [0.717, 1.165) is 36.6 Å². The lowest BCUT2D eigenvalue weighted by atomic mass is 10.1. The molecule has 2 aromatic rings. The fraction of sp³-hybridized carbons (Fsp3) is 0.438. The van der Waals surface area contributed by atoms with Crippen LogP contribution in [0.15, 0.2) is 24.3 Å². The van der Waals surface area contributed by atoms with Crippen LogP contribution in [0, 0.1) is 6.92 Å². The topological polar surface area (TPSA) is 59.8 Å². The standard InChI is InChI=1S/C16H19ClN4O/c1-11-18-16-14(6-3-9-21(16)20-11)19-15(22)8-7-12-4-2-5-13(17)10-12/h2,4-5,10,14H,3,6-9H2,1H3,(H,19,22)/t14-/m1/s1. The largest absolute Gasteiger partial charge is 0.346 e. The minimum atomic E-state index is -0.0261. The number of benzene rings is 1. The molecule has 1 aromatic carbocycles. The molecule has 0 saturated heterocycles. The van der Waals surface area contributed by atoms with Gasteiger partial charge in [-0.1, -0.05) is 23.7 Å². The van der Waals surface area contributed by atoms with Crippen molar-refractivity contribution in [1.29, 1.82) is 0 Å². The number of halogens is 1. The molecule has 1 aliphatic rings. The van der Waals surface area contributed by atoms with E-state index < -0.39 is 0 Å². The quantitative estimate of drug-likeness (QED) is 0.943. The molecule has 0 unspecified atom stereocenters. The maximum atomic E-state index is 12.2. The molecule has 1 amide bonds. The third-order valence-electron chi connectivity index (χ3n) is 3.85. The van der Waals surface area contributed by atoms with Crippen LogP contribution in [-0.4, -0.2) is 20.7 Å². The van der Waals surface area contributed by atoms with Gasteiger partial charge in [-0.25, -0.2) is 9.67 Å². The molecule has 0 aliphatic carbocycles. The Morgan fingerprint density at radius 2 is 2.36 bits per heavy atom. The highest BCUT2D eigenvalue weighted by atomic mass is 35.5. The van der Waals surface area contributed by atoms with Crippen molar-refractivity contribution < 1.29 is 4.79 Å². The summed E-state index contributed by atoms with van der Waals surface area (Å²) < 4.78 is 1.90. The maximum Gasteiger partial charge on any atom is 0.220 e. The van der Waals surface area contributed by atoms with Crippen LogP contribution in [0.2, 0.25) is 5.02 Å². The Bertz CT molecular complexity index is 683. The highest BCUT2D eigenvalue weighted by Gasteiger charge is 2.24. The molecule has 1 N–H and O–H groups in total. The molecule has 0 spiro atoms. The Kier molecular flexibility index (Phi) is 4.43. The molecule has 3 rings (SSSR count). The lowest BCUT2D eigenvalue weighted by Crippen LogP contribution is -2.33. The Morgan fingerprint density at radius 3 is 3.18 bits per heavy atom. The van der Waals surface area contributed by atoms with Crippen LogP contribution < -0.4 is 5.32 Å². The molecule has 0 saturated carbocycles. The van der Waals surface area contributed by atoms with Gasteiger partial charge < -0.3 is 5.32 Å². The van der Waals surface area contributed by atoms with Gasteiger partial charge in [0.05, 0.1) is 6.04 Å². The van der Waals surface area contributed by atoms with Gasteiger partial charge >= 0.3 is 0 Å². The third-order valence-corrected chi connectivity index (χ3v) is 4.08. The molecule has 1 aromatic heterocycles. The van der Waals surface area contributed by atoms with Gasteiger partial charge in [0.25, 0.3) is 0 Å². The fourth-order valence-electron chi connectivity index (χ4n) is 2.82. The molecule has 116 valence electrons. The van der Waals surface area contributed by atoms with Gasteiger partial charge in [-0.05, 0) is 43.9 Å². The van der Waals surface area contributed by atoms with Crippen molar-refractivity contribution in [3.63, 3.8) is 0 Å². The van der Waals surface area contributed by atoms with Crippen molar-refractivity contribution in [3.8, 4) is 0 Å². The molecule has 0 fully saturated rings. The van der Waals surface area contributed by atoms with E-state index in [4.69, 9.17) is 11.6 Å². The Balaban J connectivity index is 1.58. The van der Waals surface area contributed by atoms with Crippen LogP contribution in [0.4, 0.5) is 0 Å². The average Bonchev–Trinajstić information content (AvgIpc) is 2.87. The van der Waals surface area contributed by atoms with Gasteiger partial charge in [-0.3, -0.25) is 4.79 Å². The summed E-state index contributed by atoms with van der Waals surface area (Å²) in [5, 5.41) is 8.13. The van der Waals surface area contributed by atoms with Crippen LogP contribution in [-0.2, 0) is 17.8 Å². The molecule has 2 heterocycles. The lowest BCUT2D eigenvalue weighted by molar-refractivity contribution is -0.122. The highest BCUT2D eigenvalue weighted by molar-refractivity contribution is 6.30. The van der Waals surface area contributed by atoms with Crippen LogP contribution in [0.25, 0.3) is 0 Å². The zero-order valence-corrected chi connectivity index (χ0v) is 13.3. The molecule has 0 bridgehead atoms. The van der Waals surface area contributed by atoms with Gasteiger partial charge in [-0.15, -0.1) is 0 Å². The second-order valence-electron chi connectivity index (χ2n) is 5.63. The number of hydrogen-bond acceptors (Lipinski definition) is 3. The summed E-state index contributed by atoms with van der Waals surface area (Å²) in [7, 11) is 0. The summed E-state index contributed by atoms with van der Waals surface area (Å²) in [5.74, 6) is 1.68. The van der Waals surface area contributed by atoms with Gasteiger partial charge in [0.2, 0.25) is 5.91 Å². The summed E-state index contributed by atoms with van der Waals surface area (Å²) in [6.07, 6.45) is 3.06. The van der Waals surface area contributed by atoms with Crippen LogP contribution in [0.1, 0.15) is 42.5 Å². The Labute approximate surface area is 134 Å². The van der Waals surface area contributed by atoms with E-state index in [-0.39, 0.29) is 11.9 Å². The van der Waals surface area contributed by atoms with Gasteiger partial charge in [0, 0.05) is 18.0 Å². The number of amides is 1. The van der Waals surface area contributed by atoms with Crippen molar-refractivity contribution in [2.45, 2.75) is 45.2 Å². The predicted molar refractivity (Wildman–Crippen MR) is 84.6 cm³/mol. The van der Waals surface area contributed by atoms with Crippen molar-refractivity contribution in [1.82, 2.24) is 20.1 Å². The normalized spacial score (nSPS) is 17.1. The van der Waals surface area contributed by atoms with E-state index in [9.17, 15) is 4.79 Å². The van der Waals surface area contributed by atoms with Crippen molar-refractivity contribution in [2.24, 2.45) is 0 Å². The van der Waals surface area contributed by atoms with E-state index in [0.29, 0.717) is 17.9 Å².